The van der Waals surface area contributed by atoms with E-state index in [2.05, 4.69) is 70.5 Å². The maximum atomic E-state index is 5.65. The third kappa shape index (κ3) is 2.60. The molecule has 0 unspecified atom stereocenters. The molecule has 0 saturated carbocycles. The maximum absolute atomic E-state index is 5.65. The third-order valence-corrected chi connectivity index (χ3v) is 4.71. The summed E-state index contributed by atoms with van der Waals surface area (Å²) in [5.74, 6) is 0.751. The van der Waals surface area contributed by atoms with Gasteiger partial charge in [0.2, 0.25) is 5.90 Å². The number of ether oxygens (including phenoxy) is 1. The van der Waals surface area contributed by atoms with Gasteiger partial charge in [-0.25, -0.2) is 4.99 Å². The summed E-state index contributed by atoms with van der Waals surface area (Å²) in [6.45, 7) is 4.81. The van der Waals surface area contributed by atoms with Crippen LogP contribution in [0.1, 0.15) is 19.4 Å². The summed E-state index contributed by atoms with van der Waals surface area (Å²) in [7, 11) is 0. The molecule has 1 aliphatic rings. The van der Waals surface area contributed by atoms with Gasteiger partial charge in [-0.05, 0) is 58.9 Å². The number of hydrogen-bond donors (Lipinski definition) is 0. The minimum absolute atomic E-state index is 0.107. The quantitative estimate of drug-likeness (QED) is 0.777. The fraction of sp³-hybridized carbons (Fsp3) is 0.267. The number of thiophene rings is 1. The summed E-state index contributed by atoms with van der Waals surface area (Å²) in [6.07, 6.45) is 0. The van der Waals surface area contributed by atoms with Gasteiger partial charge in [-0.15, -0.1) is 11.3 Å². The summed E-state index contributed by atoms with van der Waals surface area (Å²) in [5.41, 5.74) is 3.37. The summed E-state index contributed by atoms with van der Waals surface area (Å²) in [4.78, 5) is 4.59. The molecular weight excluding hydrogens is 322 g/mol. The third-order valence-electron chi connectivity index (χ3n) is 3.03. The summed E-state index contributed by atoms with van der Waals surface area (Å²) < 4.78 is 6.81. The van der Waals surface area contributed by atoms with Gasteiger partial charge in [0.1, 0.15) is 6.61 Å². The molecule has 2 heterocycles. The van der Waals surface area contributed by atoms with Gasteiger partial charge in [-0.1, -0.05) is 12.1 Å². The van der Waals surface area contributed by atoms with Crippen molar-refractivity contribution in [2.24, 2.45) is 4.99 Å². The van der Waals surface area contributed by atoms with Crippen LogP contribution >= 0.6 is 27.3 Å². The van der Waals surface area contributed by atoms with Crippen LogP contribution in [0, 0.1) is 0 Å². The first kappa shape index (κ1) is 12.9. The molecule has 0 bridgehead atoms. The Morgan fingerprint density at radius 2 is 1.84 bits per heavy atom. The Bertz CT molecular complexity index is 628. The average Bonchev–Trinajstić information content (AvgIpc) is 2.95. The number of aliphatic imine (C=N–C) groups is 1. The van der Waals surface area contributed by atoms with Crippen molar-refractivity contribution >= 4 is 33.2 Å². The summed E-state index contributed by atoms with van der Waals surface area (Å²) >= 11 is 5.27. The highest BCUT2D eigenvalue weighted by atomic mass is 79.9. The van der Waals surface area contributed by atoms with Crippen molar-refractivity contribution < 1.29 is 4.74 Å². The highest BCUT2D eigenvalue weighted by Gasteiger charge is 2.26. The molecule has 98 valence electrons. The molecule has 4 heteroatoms. The average molecular weight is 336 g/mol. The van der Waals surface area contributed by atoms with Gasteiger partial charge in [-0.2, -0.15) is 0 Å². The van der Waals surface area contributed by atoms with E-state index in [1.807, 2.05) is 0 Å². The topological polar surface area (TPSA) is 21.6 Å². The molecule has 19 heavy (non-hydrogen) atoms. The van der Waals surface area contributed by atoms with Crippen molar-refractivity contribution in [3.63, 3.8) is 0 Å². The van der Waals surface area contributed by atoms with E-state index in [4.69, 9.17) is 4.74 Å². The van der Waals surface area contributed by atoms with Crippen molar-refractivity contribution in [1.82, 2.24) is 0 Å². The Balaban J connectivity index is 1.90. The molecule has 0 amide bonds. The van der Waals surface area contributed by atoms with Crippen molar-refractivity contribution in [2.75, 3.05) is 6.61 Å². The minimum atomic E-state index is -0.107. The van der Waals surface area contributed by atoms with Gasteiger partial charge in [0.25, 0.3) is 0 Å². The van der Waals surface area contributed by atoms with Crippen LogP contribution in [-0.4, -0.2) is 18.0 Å². The van der Waals surface area contributed by atoms with Gasteiger partial charge < -0.3 is 4.74 Å². The highest BCUT2D eigenvalue weighted by Crippen LogP contribution is 2.33. The van der Waals surface area contributed by atoms with Crippen LogP contribution in [0.3, 0.4) is 0 Å². The van der Waals surface area contributed by atoms with Gasteiger partial charge in [0.05, 0.1) is 9.33 Å². The standard InChI is InChI=1S/C15H14BrNOS/c1-15(2)9-18-14(17-15)11-5-3-10(4-6-11)12-7-8-19-13(12)16/h3-8H,9H2,1-2H3. The number of nitrogens with zero attached hydrogens (tertiary/aromatic N) is 1. The SMILES string of the molecule is CC1(C)COC(c2ccc(-c3ccsc3Br)cc2)=N1. The molecule has 1 aromatic heterocycles. The first-order valence-electron chi connectivity index (χ1n) is 6.12. The molecule has 2 nitrogen and oxygen atoms in total. The van der Waals surface area contributed by atoms with E-state index in [-0.39, 0.29) is 5.54 Å². The monoisotopic (exact) mass is 335 g/mol. The molecule has 0 atom stereocenters. The van der Waals surface area contributed by atoms with Crippen molar-refractivity contribution in [1.29, 1.82) is 0 Å². The lowest BCUT2D eigenvalue weighted by molar-refractivity contribution is 0.279. The van der Waals surface area contributed by atoms with Crippen molar-refractivity contribution in [2.45, 2.75) is 19.4 Å². The minimum Gasteiger partial charge on any atom is -0.475 e. The van der Waals surface area contributed by atoms with Gasteiger partial charge in [0, 0.05) is 11.1 Å². The lowest BCUT2D eigenvalue weighted by Gasteiger charge is -2.07. The zero-order valence-corrected chi connectivity index (χ0v) is 13.2. The second kappa shape index (κ2) is 4.76. The van der Waals surface area contributed by atoms with Crippen molar-refractivity contribution in [3.8, 4) is 11.1 Å². The van der Waals surface area contributed by atoms with Crippen molar-refractivity contribution in [3.05, 3.63) is 45.1 Å². The second-order valence-corrected chi connectivity index (χ2v) is 7.44. The lowest BCUT2D eigenvalue weighted by atomic mass is 10.1. The van der Waals surface area contributed by atoms with Crippen LogP contribution in [0.15, 0.2) is 44.5 Å². The van der Waals surface area contributed by atoms with Gasteiger partial charge >= 0.3 is 0 Å². The number of halogens is 1. The Morgan fingerprint density at radius 1 is 1.16 bits per heavy atom. The number of hydrogen-bond acceptors (Lipinski definition) is 3. The predicted molar refractivity (Wildman–Crippen MR) is 84.0 cm³/mol. The Morgan fingerprint density at radius 3 is 2.37 bits per heavy atom. The molecule has 1 aliphatic heterocycles. The maximum Gasteiger partial charge on any atom is 0.216 e. The van der Waals surface area contributed by atoms with E-state index in [1.54, 1.807) is 11.3 Å². The summed E-state index contributed by atoms with van der Waals surface area (Å²) in [5, 5.41) is 2.08. The Kier molecular flexibility index (Phi) is 3.23. The fourth-order valence-electron chi connectivity index (χ4n) is 2.03. The zero-order chi connectivity index (χ0) is 13.5. The van der Waals surface area contributed by atoms with Gasteiger partial charge in [0.15, 0.2) is 0 Å². The molecule has 0 radical (unpaired) electrons. The Labute approximate surface area is 125 Å². The molecular formula is C15H14BrNOS. The van der Waals surface area contributed by atoms with Crippen LogP contribution in [0.2, 0.25) is 0 Å². The van der Waals surface area contributed by atoms with E-state index < -0.39 is 0 Å². The number of rotatable bonds is 2. The first-order chi connectivity index (χ1) is 9.05. The van der Waals surface area contributed by atoms with E-state index in [9.17, 15) is 0 Å². The summed E-state index contributed by atoms with van der Waals surface area (Å²) in [6, 6.07) is 10.5. The van der Waals surface area contributed by atoms with Crippen LogP contribution in [0.4, 0.5) is 0 Å². The van der Waals surface area contributed by atoms with E-state index in [0.29, 0.717) is 6.61 Å². The molecule has 0 fully saturated rings. The lowest BCUT2D eigenvalue weighted by Crippen LogP contribution is -2.17. The smallest absolute Gasteiger partial charge is 0.216 e. The van der Waals surface area contributed by atoms with E-state index in [1.165, 1.54) is 11.1 Å². The highest BCUT2D eigenvalue weighted by molar-refractivity contribution is 9.11. The molecule has 0 saturated heterocycles. The molecule has 0 N–H and O–H groups in total. The molecule has 0 spiro atoms. The van der Waals surface area contributed by atoms with Gasteiger partial charge in [-0.3, -0.25) is 0 Å². The first-order valence-corrected chi connectivity index (χ1v) is 7.79. The largest absolute Gasteiger partial charge is 0.475 e. The predicted octanol–water partition coefficient (Wildman–Crippen LogP) is 4.73. The fourth-order valence-corrected chi connectivity index (χ4v) is 3.35. The normalized spacial score (nSPS) is 17.1. The molecule has 2 aromatic rings. The van der Waals surface area contributed by atoms with Crippen LogP contribution in [0.5, 0.6) is 0 Å². The van der Waals surface area contributed by atoms with Crippen LogP contribution in [0.25, 0.3) is 11.1 Å². The molecule has 3 rings (SSSR count). The molecule has 0 aliphatic carbocycles. The zero-order valence-electron chi connectivity index (χ0n) is 10.8. The van der Waals surface area contributed by atoms with Crippen LogP contribution < -0.4 is 0 Å². The molecule has 1 aromatic carbocycles. The van der Waals surface area contributed by atoms with Crippen LogP contribution in [-0.2, 0) is 4.74 Å². The number of benzene rings is 1. The van der Waals surface area contributed by atoms with E-state index >= 15 is 0 Å². The van der Waals surface area contributed by atoms with E-state index in [0.717, 1.165) is 15.2 Å². The second-order valence-electron chi connectivity index (χ2n) is 5.20. The Hall–Kier alpha value is -1.13.